The Balaban J connectivity index is 1.36. The van der Waals surface area contributed by atoms with Crippen LogP contribution in [0.2, 0.25) is 0 Å². The summed E-state index contributed by atoms with van der Waals surface area (Å²) < 4.78 is 5.37. The van der Waals surface area contributed by atoms with Crippen LogP contribution in [-0.2, 0) is 11.2 Å². The molecule has 1 saturated heterocycles. The van der Waals surface area contributed by atoms with E-state index in [1.165, 1.54) is 0 Å². The summed E-state index contributed by atoms with van der Waals surface area (Å²) in [6.45, 7) is 5.35. The van der Waals surface area contributed by atoms with E-state index in [9.17, 15) is 4.79 Å². The molecule has 0 unspecified atom stereocenters. The minimum atomic E-state index is 0.177. The molecule has 28 heavy (non-hydrogen) atoms. The summed E-state index contributed by atoms with van der Waals surface area (Å²) in [7, 11) is 0. The van der Waals surface area contributed by atoms with Crippen molar-refractivity contribution in [2.75, 3.05) is 13.1 Å². The average molecular weight is 377 g/mol. The molecule has 0 spiro atoms. The number of carbonyl (C=O) groups excluding carboxylic acids is 1. The summed E-state index contributed by atoms with van der Waals surface area (Å²) in [5.41, 5.74) is 3.67. The standard InChI is InChI=1S/C21H23N5O2/c1-14-5-3-4-6-17(14)11-19(27)26-9-7-16(8-10-26)20-24-21(28-25-20)18-13-22-15(2)12-23-18/h3-6,12-13,16H,7-11H2,1-2H3. The molecule has 1 aliphatic rings. The highest BCUT2D eigenvalue weighted by Crippen LogP contribution is 2.28. The fraction of sp³-hybridized carbons (Fsp3) is 0.381. The Bertz CT molecular complexity index is 959. The molecule has 7 heteroatoms. The molecule has 1 amide bonds. The molecule has 3 heterocycles. The van der Waals surface area contributed by atoms with E-state index < -0.39 is 0 Å². The molecule has 2 aromatic heterocycles. The first kappa shape index (κ1) is 18.3. The van der Waals surface area contributed by atoms with Gasteiger partial charge in [0.15, 0.2) is 5.82 Å². The average Bonchev–Trinajstić information content (AvgIpc) is 3.20. The third-order valence-corrected chi connectivity index (χ3v) is 5.26. The molecule has 1 aliphatic heterocycles. The van der Waals surface area contributed by atoms with Crippen LogP contribution in [0.5, 0.6) is 0 Å². The molecular formula is C21H23N5O2. The fourth-order valence-corrected chi connectivity index (χ4v) is 3.48. The Kier molecular flexibility index (Phi) is 5.14. The Morgan fingerprint density at radius 2 is 1.93 bits per heavy atom. The molecule has 3 aromatic rings. The van der Waals surface area contributed by atoms with Crippen LogP contribution in [0.3, 0.4) is 0 Å². The van der Waals surface area contributed by atoms with Gasteiger partial charge in [0.05, 0.1) is 18.3 Å². The first-order valence-electron chi connectivity index (χ1n) is 9.55. The summed E-state index contributed by atoms with van der Waals surface area (Å²) in [5.74, 6) is 1.44. The van der Waals surface area contributed by atoms with Gasteiger partial charge in [-0.25, -0.2) is 4.98 Å². The van der Waals surface area contributed by atoms with Crippen molar-refractivity contribution in [3.8, 4) is 11.6 Å². The lowest BCUT2D eigenvalue weighted by Gasteiger charge is -2.30. The number of hydrogen-bond donors (Lipinski definition) is 0. The van der Waals surface area contributed by atoms with Crippen molar-refractivity contribution in [1.82, 2.24) is 25.0 Å². The maximum absolute atomic E-state index is 12.6. The second-order valence-corrected chi connectivity index (χ2v) is 7.26. The third kappa shape index (κ3) is 3.93. The second kappa shape index (κ2) is 7.88. The van der Waals surface area contributed by atoms with E-state index >= 15 is 0 Å². The molecule has 7 nitrogen and oxygen atoms in total. The van der Waals surface area contributed by atoms with Gasteiger partial charge in [0.25, 0.3) is 5.89 Å². The predicted molar refractivity (Wildman–Crippen MR) is 103 cm³/mol. The largest absolute Gasteiger partial charge is 0.342 e. The highest BCUT2D eigenvalue weighted by atomic mass is 16.5. The van der Waals surface area contributed by atoms with E-state index in [-0.39, 0.29) is 11.8 Å². The Hall–Kier alpha value is -3.09. The molecule has 0 aliphatic carbocycles. The quantitative estimate of drug-likeness (QED) is 0.695. The maximum atomic E-state index is 12.6. The SMILES string of the molecule is Cc1cnc(-c2nc(C3CCN(C(=O)Cc4ccccc4C)CC3)no2)cn1. The van der Waals surface area contributed by atoms with Crippen LogP contribution < -0.4 is 0 Å². The van der Waals surface area contributed by atoms with Crippen LogP contribution in [-0.4, -0.2) is 44.0 Å². The number of piperidine rings is 1. The van der Waals surface area contributed by atoms with Gasteiger partial charge >= 0.3 is 0 Å². The Labute approximate surface area is 163 Å². The number of aryl methyl sites for hydroxylation is 2. The molecule has 1 fully saturated rings. The first-order chi connectivity index (χ1) is 13.6. The highest BCUT2D eigenvalue weighted by molar-refractivity contribution is 5.79. The van der Waals surface area contributed by atoms with E-state index in [0.29, 0.717) is 36.9 Å². The zero-order chi connectivity index (χ0) is 19.5. The number of nitrogens with zero attached hydrogens (tertiary/aromatic N) is 5. The minimum absolute atomic E-state index is 0.177. The fourth-order valence-electron chi connectivity index (χ4n) is 3.48. The van der Waals surface area contributed by atoms with Crippen LogP contribution in [0.1, 0.15) is 41.4 Å². The lowest BCUT2D eigenvalue weighted by molar-refractivity contribution is -0.131. The van der Waals surface area contributed by atoms with Gasteiger partial charge in [-0.15, -0.1) is 0 Å². The predicted octanol–water partition coefficient (Wildman–Crippen LogP) is 3.09. The zero-order valence-corrected chi connectivity index (χ0v) is 16.1. The van der Waals surface area contributed by atoms with Gasteiger partial charge in [-0.2, -0.15) is 4.98 Å². The maximum Gasteiger partial charge on any atom is 0.278 e. The van der Waals surface area contributed by atoms with E-state index in [4.69, 9.17) is 4.52 Å². The summed E-state index contributed by atoms with van der Waals surface area (Å²) in [6, 6.07) is 8.04. The van der Waals surface area contributed by atoms with Crippen LogP contribution in [0.15, 0.2) is 41.2 Å². The van der Waals surface area contributed by atoms with Gasteiger partial charge in [-0.1, -0.05) is 29.4 Å². The highest BCUT2D eigenvalue weighted by Gasteiger charge is 2.27. The second-order valence-electron chi connectivity index (χ2n) is 7.26. The molecule has 0 N–H and O–H groups in total. The number of hydrogen-bond acceptors (Lipinski definition) is 6. The van der Waals surface area contributed by atoms with Crippen LogP contribution in [0, 0.1) is 13.8 Å². The number of carbonyl (C=O) groups is 1. The van der Waals surface area contributed by atoms with Crippen molar-refractivity contribution in [2.45, 2.75) is 39.0 Å². The molecule has 1 aromatic carbocycles. The van der Waals surface area contributed by atoms with Crippen LogP contribution in [0.4, 0.5) is 0 Å². The topological polar surface area (TPSA) is 85.0 Å². The lowest BCUT2D eigenvalue weighted by atomic mass is 9.95. The van der Waals surface area contributed by atoms with Gasteiger partial charge < -0.3 is 9.42 Å². The minimum Gasteiger partial charge on any atom is -0.342 e. The monoisotopic (exact) mass is 377 g/mol. The Morgan fingerprint density at radius 3 is 2.64 bits per heavy atom. The molecule has 144 valence electrons. The van der Waals surface area contributed by atoms with Crippen molar-refractivity contribution in [3.05, 3.63) is 59.3 Å². The van der Waals surface area contributed by atoms with Crippen LogP contribution >= 0.6 is 0 Å². The lowest BCUT2D eigenvalue weighted by Crippen LogP contribution is -2.39. The normalized spacial score (nSPS) is 15.0. The third-order valence-electron chi connectivity index (χ3n) is 5.26. The summed E-state index contributed by atoms with van der Waals surface area (Å²) in [4.78, 5) is 27.6. The molecule has 0 bridgehead atoms. The van der Waals surface area contributed by atoms with Gasteiger partial charge in [-0.05, 0) is 37.8 Å². The van der Waals surface area contributed by atoms with Crippen molar-refractivity contribution in [1.29, 1.82) is 0 Å². The number of amides is 1. The number of rotatable bonds is 4. The summed E-state index contributed by atoms with van der Waals surface area (Å²) >= 11 is 0. The van der Waals surface area contributed by atoms with Crippen molar-refractivity contribution >= 4 is 5.91 Å². The summed E-state index contributed by atoms with van der Waals surface area (Å²) in [6.07, 6.45) is 5.43. The van der Waals surface area contributed by atoms with E-state index in [2.05, 4.69) is 20.1 Å². The van der Waals surface area contributed by atoms with Gasteiger partial charge in [-0.3, -0.25) is 9.78 Å². The van der Waals surface area contributed by atoms with Crippen molar-refractivity contribution in [2.24, 2.45) is 0 Å². The number of aromatic nitrogens is 4. The molecular weight excluding hydrogens is 354 g/mol. The summed E-state index contributed by atoms with van der Waals surface area (Å²) in [5, 5.41) is 4.13. The molecule has 0 saturated carbocycles. The van der Waals surface area contributed by atoms with E-state index in [1.807, 2.05) is 43.0 Å². The smallest absolute Gasteiger partial charge is 0.278 e. The molecule has 4 rings (SSSR count). The zero-order valence-electron chi connectivity index (χ0n) is 16.1. The van der Waals surface area contributed by atoms with E-state index in [0.717, 1.165) is 29.7 Å². The molecule has 0 atom stereocenters. The number of benzene rings is 1. The van der Waals surface area contributed by atoms with E-state index in [1.54, 1.807) is 12.4 Å². The Morgan fingerprint density at radius 1 is 1.14 bits per heavy atom. The van der Waals surface area contributed by atoms with Gasteiger partial charge in [0, 0.05) is 25.2 Å². The van der Waals surface area contributed by atoms with Gasteiger partial charge in [0.1, 0.15) is 5.69 Å². The van der Waals surface area contributed by atoms with Crippen LogP contribution in [0.25, 0.3) is 11.6 Å². The number of likely N-dealkylation sites (tertiary alicyclic amines) is 1. The van der Waals surface area contributed by atoms with Crippen molar-refractivity contribution < 1.29 is 9.32 Å². The van der Waals surface area contributed by atoms with Gasteiger partial charge in [0.2, 0.25) is 5.91 Å². The van der Waals surface area contributed by atoms with Crippen molar-refractivity contribution in [3.63, 3.8) is 0 Å². The first-order valence-corrected chi connectivity index (χ1v) is 9.55. The molecule has 0 radical (unpaired) electrons.